The zero-order valence-corrected chi connectivity index (χ0v) is 28.8. The van der Waals surface area contributed by atoms with Crippen molar-refractivity contribution in [3.63, 3.8) is 0 Å². The first-order valence-electron chi connectivity index (χ1n) is 17.5. The second kappa shape index (κ2) is 20.0. The molecule has 2 fully saturated rings. The number of hydrogen-bond donors (Lipinski definition) is 4. The van der Waals surface area contributed by atoms with Crippen LogP contribution in [0.2, 0.25) is 0 Å². The van der Waals surface area contributed by atoms with Crippen molar-refractivity contribution in [3.8, 4) is 0 Å². The Bertz CT molecular complexity index is 1450. The van der Waals surface area contributed by atoms with Crippen LogP contribution >= 0.6 is 0 Å². The summed E-state index contributed by atoms with van der Waals surface area (Å²) in [5.74, 6) is 0. The van der Waals surface area contributed by atoms with Gasteiger partial charge in [-0.3, -0.25) is 21.3 Å². The predicted octanol–water partition coefficient (Wildman–Crippen LogP) is 9.59. The average Bonchev–Trinajstić information content (AvgIpc) is 3.14. The molecule has 4 aromatic rings. The van der Waals surface area contributed by atoms with Crippen LogP contribution in [0.25, 0.3) is 0 Å². The first-order chi connectivity index (χ1) is 25.4. The van der Waals surface area contributed by atoms with Crippen molar-refractivity contribution in [2.24, 2.45) is 0 Å². The molecule has 6 rings (SSSR count). The fraction of sp³-hybridized carbons (Fsp3) is 0.300. The van der Waals surface area contributed by atoms with E-state index in [1.165, 1.54) is 0 Å². The maximum absolute atomic E-state index is 12.0. The Morgan fingerprint density at radius 2 is 0.577 bits per heavy atom. The van der Waals surface area contributed by atoms with Crippen molar-refractivity contribution >= 4 is 47.1 Å². The van der Waals surface area contributed by atoms with Crippen molar-refractivity contribution in [3.05, 3.63) is 121 Å². The zero-order valence-electron chi connectivity index (χ0n) is 28.8. The van der Waals surface area contributed by atoms with E-state index in [0.717, 1.165) is 38.5 Å². The molecule has 4 atom stereocenters. The largest absolute Gasteiger partial charge is 0.446 e. The van der Waals surface area contributed by atoms with E-state index in [2.05, 4.69) is 21.3 Å². The number of rotatable bonds is 8. The molecular formula is C40H44N4O8. The van der Waals surface area contributed by atoms with Gasteiger partial charge in [-0.15, -0.1) is 0 Å². The lowest BCUT2D eigenvalue weighted by Crippen LogP contribution is -2.33. The van der Waals surface area contributed by atoms with E-state index >= 15 is 0 Å². The molecule has 0 aliphatic heterocycles. The van der Waals surface area contributed by atoms with Gasteiger partial charge in [0.25, 0.3) is 0 Å². The number of nitrogens with one attached hydrogen (secondary N) is 4. The number of para-hydroxylation sites is 4. The van der Waals surface area contributed by atoms with Crippen LogP contribution in [-0.4, -0.2) is 48.8 Å². The highest BCUT2D eigenvalue weighted by Gasteiger charge is 2.29. The van der Waals surface area contributed by atoms with Gasteiger partial charge in [0.05, 0.1) is 0 Å². The minimum atomic E-state index is -0.490. The van der Waals surface area contributed by atoms with E-state index in [1.807, 2.05) is 72.8 Å². The number of hydrogen-bond acceptors (Lipinski definition) is 8. The summed E-state index contributed by atoms with van der Waals surface area (Å²) >= 11 is 0. The highest BCUT2D eigenvalue weighted by molar-refractivity contribution is 5.86. The maximum Gasteiger partial charge on any atom is 0.411 e. The summed E-state index contributed by atoms with van der Waals surface area (Å²) in [7, 11) is 0. The van der Waals surface area contributed by atoms with E-state index in [1.54, 1.807) is 48.5 Å². The lowest BCUT2D eigenvalue weighted by atomic mass is 9.95. The van der Waals surface area contributed by atoms with Crippen molar-refractivity contribution in [2.75, 3.05) is 21.3 Å². The highest BCUT2D eigenvalue weighted by Crippen LogP contribution is 2.26. The van der Waals surface area contributed by atoms with E-state index < -0.39 is 24.4 Å². The molecule has 2 aliphatic rings. The normalized spacial score (nSPS) is 19.2. The summed E-state index contributed by atoms with van der Waals surface area (Å²) in [6, 6.07) is 36.6. The molecular weight excluding hydrogens is 664 g/mol. The zero-order chi connectivity index (χ0) is 36.4. The Morgan fingerprint density at radius 1 is 0.365 bits per heavy atom. The molecule has 0 unspecified atom stereocenters. The van der Waals surface area contributed by atoms with Crippen molar-refractivity contribution in [1.29, 1.82) is 0 Å². The molecule has 0 saturated heterocycles. The summed E-state index contributed by atoms with van der Waals surface area (Å²) in [6.07, 6.45) is 2.74. The van der Waals surface area contributed by atoms with Crippen LogP contribution in [-0.2, 0) is 18.9 Å². The van der Waals surface area contributed by atoms with Crippen LogP contribution in [0.3, 0.4) is 0 Å². The molecule has 52 heavy (non-hydrogen) atoms. The molecule has 0 heterocycles. The summed E-state index contributed by atoms with van der Waals surface area (Å²) in [5, 5.41) is 10.8. The van der Waals surface area contributed by atoms with Gasteiger partial charge in [0.1, 0.15) is 24.4 Å². The van der Waals surface area contributed by atoms with E-state index in [-0.39, 0.29) is 24.4 Å². The van der Waals surface area contributed by atoms with Crippen molar-refractivity contribution in [2.45, 2.75) is 75.8 Å². The molecule has 272 valence electrons. The molecule has 0 radical (unpaired) electrons. The lowest BCUT2D eigenvalue weighted by Gasteiger charge is -2.28. The summed E-state index contributed by atoms with van der Waals surface area (Å²) in [6.45, 7) is 0. The van der Waals surface area contributed by atoms with Gasteiger partial charge >= 0.3 is 24.4 Å². The third-order valence-electron chi connectivity index (χ3n) is 8.33. The standard InChI is InChI=1S/2C20H22N2O4/c2*23-19(21-15-8-3-1-4-9-15)25-17-12-7-13-18(14-17)26-20(24)22-16-10-5-2-6-11-16/h2*1-6,8-11,17-18H,7,12-14H2,(H,21,23)(H,22,24)/t2*17-,18+. The number of benzene rings is 4. The van der Waals surface area contributed by atoms with Gasteiger partial charge in [-0.25, -0.2) is 19.2 Å². The van der Waals surface area contributed by atoms with Crippen LogP contribution in [0.15, 0.2) is 121 Å². The molecule has 2 saturated carbocycles. The number of carbonyl (C=O) groups excluding carboxylic acids is 4. The van der Waals surface area contributed by atoms with E-state index in [4.69, 9.17) is 18.9 Å². The molecule has 0 bridgehead atoms. The Kier molecular flexibility index (Phi) is 14.3. The van der Waals surface area contributed by atoms with Crippen LogP contribution in [0, 0.1) is 0 Å². The third kappa shape index (κ3) is 13.3. The molecule has 4 N–H and O–H groups in total. The van der Waals surface area contributed by atoms with Crippen LogP contribution in [0.5, 0.6) is 0 Å². The number of anilines is 4. The van der Waals surface area contributed by atoms with E-state index in [9.17, 15) is 19.2 Å². The number of amides is 4. The molecule has 12 nitrogen and oxygen atoms in total. The van der Waals surface area contributed by atoms with E-state index in [0.29, 0.717) is 35.6 Å². The van der Waals surface area contributed by atoms with Gasteiger partial charge < -0.3 is 18.9 Å². The monoisotopic (exact) mass is 708 g/mol. The average molecular weight is 709 g/mol. The summed E-state index contributed by atoms with van der Waals surface area (Å²) in [4.78, 5) is 48.0. The Morgan fingerprint density at radius 3 is 0.788 bits per heavy atom. The SMILES string of the molecule is O=C(Nc1ccccc1)O[C@@H]1CCC[C@H](OC(=O)Nc2ccccc2)C1.O=C(Nc1ccccc1)O[C@@H]1CCC[C@H](OC(=O)Nc2ccccc2)C1. The second-order valence-electron chi connectivity index (χ2n) is 12.4. The highest BCUT2D eigenvalue weighted by atomic mass is 16.6. The van der Waals surface area contributed by atoms with Gasteiger partial charge in [0, 0.05) is 35.6 Å². The minimum absolute atomic E-state index is 0.262. The quantitative estimate of drug-likeness (QED) is 0.132. The molecule has 12 heteroatoms. The summed E-state index contributed by atoms with van der Waals surface area (Å²) in [5.41, 5.74) is 2.73. The number of ether oxygens (including phenoxy) is 4. The number of carbonyl (C=O) groups is 4. The first-order valence-corrected chi connectivity index (χ1v) is 17.5. The fourth-order valence-electron chi connectivity index (χ4n) is 5.91. The third-order valence-corrected chi connectivity index (χ3v) is 8.33. The van der Waals surface area contributed by atoms with Crippen molar-refractivity contribution in [1.82, 2.24) is 0 Å². The Balaban J connectivity index is 0.000000201. The summed E-state index contributed by atoms with van der Waals surface area (Å²) < 4.78 is 21.9. The van der Waals surface area contributed by atoms with Crippen LogP contribution in [0.4, 0.5) is 41.9 Å². The van der Waals surface area contributed by atoms with Gasteiger partial charge in [0.2, 0.25) is 0 Å². The second-order valence-corrected chi connectivity index (χ2v) is 12.4. The van der Waals surface area contributed by atoms with Crippen molar-refractivity contribution < 1.29 is 38.1 Å². The maximum atomic E-state index is 12.0. The molecule has 0 spiro atoms. The lowest BCUT2D eigenvalue weighted by molar-refractivity contribution is 0.0187. The Labute approximate surface area is 303 Å². The van der Waals surface area contributed by atoms with Gasteiger partial charge in [-0.1, -0.05) is 72.8 Å². The topological polar surface area (TPSA) is 153 Å². The van der Waals surface area contributed by atoms with Gasteiger partial charge in [0.15, 0.2) is 0 Å². The predicted molar refractivity (Wildman–Crippen MR) is 198 cm³/mol. The van der Waals surface area contributed by atoms with Gasteiger partial charge in [-0.2, -0.15) is 0 Å². The molecule has 4 aromatic carbocycles. The van der Waals surface area contributed by atoms with Crippen LogP contribution < -0.4 is 21.3 Å². The molecule has 2 aliphatic carbocycles. The molecule has 4 amide bonds. The Hall–Kier alpha value is -6.04. The first kappa shape index (κ1) is 37.2. The molecule has 0 aromatic heterocycles. The fourth-order valence-corrected chi connectivity index (χ4v) is 5.91. The minimum Gasteiger partial charge on any atom is -0.446 e. The van der Waals surface area contributed by atoms with Crippen LogP contribution in [0.1, 0.15) is 51.4 Å². The smallest absolute Gasteiger partial charge is 0.411 e. The van der Waals surface area contributed by atoms with Gasteiger partial charge in [-0.05, 0) is 87.1 Å².